The highest BCUT2D eigenvalue weighted by Crippen LogP contribution is 2.32. The lowest BCUT2D eigenvalue weighted by Crippen LogP contribution is -2.65. The molecule has 1 heterocycles. The number of rotatable bonds is 7. The molecular weight excluding hydrogens is 248 g/mol. The Bertz CT molecular complexity index is 287. The number of nitrogens with one attached hydrogen (secondary N) is 1. The van der Waals surface area contributed by atoms with E-state index in [2.05, 4.69) is 23.7 Å². The molecule has 2 fully saturated rings. The van der Waals surface area contributed by atoms with Crippen molar-refractivity contribution in [2.45, 2.75) is 63.5 Å². The zero-order valence-corrected chi connectivity index (χ0v) is 13.2. The molecule has 1 aliphatic carbocycles. The average Bonchev–Trinajstić information content (AvgIpc) is 2.48. The molecule has 1 aliphatic heterocycles. The van der Waals surface area contributed by atoms with Crippen LogP contribution in [0.4, 0.5) is 0 Å². The van der Waals surface area contributed by atoms with E-state index in [0.717, 1.165) is 32.7 Å². The minimum Gasteiger partial charge on any atom is -0.380 e. The molecule has 1 saturated carbocycles. The van der Waals surface area contributed by atoms with E-state index >= 15 is 0 Å². The first kappa shape index (κ1) is 16.0. The van der Waals surface area contributed by atoms with Crippen LogP contribution < -0.4 is 5.32 Å². The molecule has 3 nitrogen and oxygen atoms in total. The van der Waals surface area contributed by atoms with Crippen LogP contribution in [0, 0.1) is 0 Å². The van der Waals surface area contributed by atoms with Gasteiger partial charge in [-0.2, -0.15) is 0 Å². The molecule has 0 aromatic carbocycles. The Morgan fingerprint density at radius 3 is 2.80 bits per heavy atom. The Hall–Kier alpha value is -0.380. The normalized spacial score (nSPS) is 26.8. The van der Waals surface area contributed by atoms with E-state index in [9.17, 15) is 0 Å². The molecule has 1 saturated heterocycles. The maximum Gasteiger partial charge on any atom is 0.0593 e. The van der Waals surface area contributed by atoms with Gasteiger partial charge in [-0.1, -0.05) is 32.3 Å². The molecule has 0 radical (unpaired) electrons. The highest BCUT2D eigenvalue weighted by atomic mass is 16.5. The summed E-state index contributed by atoms with van der Waals surface area (Å²) in [4.78, 5) is 2.68. The Labute approximate surface area is 124 Å². The number of nitrogens with zero attached hydrogens (tertiary/aromatic N) is 1. The molecule has 1 atom stereocenters. The SMILES string of the molecule is C=CCCOCCN1CC2(CCCCC2)NCC1CC. The van der Waals surface area contributed by atoms with Crippen molar-refractivity contribution in [1.29, 1.82) is 0 Å². The molecule has 0 bridgehead atoms. The zero-order chi connectivity index (χ0) is 14.3. The van der Waals surface area contributed by atoms with Crippen LogP contribution in [0.1, 0.15) is 51.9 Å². The van der Waals surface area contributed by atoms with Gasteiger partial charge in [-0.15, -0.1) is 6.58 Å². The van der Waals surface area contributed by atoms with Crippen LogP contribution in [0.15, 0.2) is 12.7 Å². The quantitative estimate of drug-likeness (QED) is 0.573. The molecule has 116 valence electrons. The van der Waals surface area contributed by atoms with Gasteiger partial charge in [0, 0.05) is 31.2 Å². The van der Waals surface area contributed by atoms with Crippen LogP contribution in [0.5, 0.6) is 0 Å². The zero-order valence-electron chi connectivity index (χ0n) is 13.2. The minimum atomic E-state index is 0.408. The molecular formula is C17H32N2O. The van der Waals surface area contributed by atoms with Gasteiger partial charge in [0.2, 0.25) is 0 Å². The summed E-state index contributed by atoms with van der Waals surface area (Å²) in [5.74, 6) is 0. The monoisotopic (exact) mass is 280 g/mol. The standard InChI is InChI=1S/C17H32N2O/c1-3-5-12-20-13-11-19-15-17(9-7-6-8-10-17)18-14-16(19)4-2/h3,16,18H,1,4-15H2,2H3. The summed E-state index contributed by atoms with van der Waals surface area (Å²) in [6.45, 7) is 11.2. The van der Waals surface area contributed by atoms with Crippen molar-refractivity contribution in [3.8, 4) is 0 Å². The van der Waals surface area contributed by atoms with E-state index in [1.807, 2.05) is 6.08 Å². The van der Waals surface area contributed by atoms with Crippen molar-refractivity contribution < 1.29 is 4.74 Å². The van der Waals surface area contributed by atoms with Crippen molar-refractivity contribution in [3.05, 3.63) is 12.7 Å². The molecule has 2 rings (SSSR count). The summed E-state index contributed by atoms with van der Waals surface area (Å²) in [5.41, 5.74) is 0.408. The lowest BCUT2D eigenvalue weighted by Gasteiger charge is -2.49. The van der Waals surface area contributed by atoms with E-state index in [4.69, 9.17) is 4.74 Å². The Kier molecular flexibility index (Phi) is 6.53. The predicted molar refractivity (Wildman–Crippen MR) is 85.1 cm³/mol. The smallest absolute Gasteiger partial charge is 0.0593 e. The maximum atomic E-state index is 5.71. The minimum absolute atomic E-state index is 0.408. The van der Waals surface area contributed by atoms with Crippen molar-refractivity contribution in [2.75, 3.05) is 32.8 Å². The molecule has 3 heteroatoms. The van der Waals surface area contributed by atoms with E-state index in [1.165, 1.54) is 45.1 Å². The molecule has 1 N–H and O–H groups in total. The third kappa shape index (κ3) is 4.31. The third-order valence-corrected chi connectivity index (χ3v) is 5.01. The van der Waals surface area contributed by atoms with Crippen molar-refractivity contribution in [2.24, 2.45) is 0 Å². The first-order chi connectivity index (χ1) is 9.79. The van der Waals surface area contributed by atoms with Gasteiger partial charge in [0.1, 0.15) is 0 Å². The molecule has 0 aromatic heterocycles. The topological polar surface area (TPSA) is 24.5 Å². The van der Waals surface area contributed by atoms with Crippen LogP contribution in [0.25, 0.3) is 0 Å². The number of hydrogen-bond donors (Lipinski definition) is 1. The van der Waals surface area contributed by atoms with Gasteiger partial charge >= 0.3 is 0 Å². The Morgan fingerprint density at radius 1 is 1.30 bits per heavy atom. The molecule has 0 aromatic rings. The van der Waals surface area contributed by atoms with Crippen LogP contribution in [0.2, 0.25) is 0 Å². The van der Waals surface area contributed by atoms with E-state index in [0.29, 0.717) is 11.6 Å². The predicted octanol–water partition coefficient (Wildman–Crippen LogP) is 2.97. The fourth-order valence-corrected chi connectivity index (χ4v) is 3.72. The van der Waals surface area contributed by atoms with Gasteiger partial charge in [0.25, 0.3) is 0 Å². The summed E-state index contributed by atoms with van der Waals surface area (Å²) in [6, 6.07) is 0.686. The number of piperazine rings is 1. The van der Waals surface area contributed by atoms with Gasteiger partial charge in [-0.05, 0) is 25.7 Å². The second kappa shape index (κ2) is 8.16. The summed E-state index contributed by atoms with van der Waals surface area (Å²) in [7, 11) is 0. The number of hydrogen-bond acceptors (Lipinski definition) is 3. The van der Waals surface area contributed by atoms with Gasteiger partial charge in [-0.3, -0.25) is 4.90 Å². The average molecular weight is 280 g/mol. The molecule has 1 unspecified atom stereocenters. The third-order valence-electron chi connectivity index (χ3n) is 5.01. The lowest BCUT2D eigenvalue weighted by atomic mass is 9.79. The van der Waals surface area contributed by atoms with Crippen molar-refractivity contribution >= 4 is 0 Å². The summed E-state index contributed by atoms with van der Waals surface area (Å²) in [6.07, 6.45) is 11.1. The van der Waals surface area contributed by atoms with Gasteiger partial charge in [0.15, 0.2) is 0 Å². The molecule has 0 amide bonds. The summed E-state index contributed by atoms with van der Waals surface area (Å²) >= 11 is 0. The second-order valence-electron chi connectivity index (χ2n) is 6.44. The maximum absolute atomic E-state index is 5.71. The highest BCUT2D eigenvalue weighted by Gasteiger charge is 2.38. The van der Waals surface area contributed by atoms with Crippen molar-refractivity contribution in [1.82, 2.24) is 10.2 Å². The van der Waals surface area contributed by atoms with E-state index in [-0.39, 0.29) is 0 Å². The number of ether oxygens (including phenoxy) is 1. The first-order valence-electron chi connectivity index (χ1n) is 8.47. The molecule has 1 spiro atoms. The fraction of sp³-hybridized carbons (Fsp3) is 0.882. The highest BCUT2D eigenvalue weighted by molar-refractivity contribution is 4.99. The Morgan fingerprint density at radius 2 is 2.10 bits per heavy atom. The fourth-order valence-electron chi connectivity index (χ4n) is 3.72. The lowest BCUT2D eigenvalue weighted by molar-refractivity contribution is 0.0270. The van der Waals surface area contributed by atoms with Gasteiger partial charge in [-0.25, -0.2) is 0 Å². The largest absolute Gasteiger partial charge is 0.380 e. The van der Waals surface area contributed by atoms with Crippen LogP contribution >= 0.6 is 0 Å². The molecule has 20 heavy (non-hydrogen) atoms. The second-order valence-corrected chi connectivity index (χ2v) is 6.44. The van der Waals surface area contributed by atoms with E-state index in [1.54, 1.807) is 0 Å². The van der Waals surface area contributed by atoms with Crippen LogP contribution in [-0.4, -0.2) is 49.3 Å². The first-order valence-corrected chi connectivity index (χ1v) is 8.47. The summed E-state index contributed by atoms with van der Waals surface area (Å²) < 4.78 is 5.71. The van der Waals surface area contributed by atoms with E-state index < -0.39 is 0 Å². The summed E-state index contributed by atoms with van der Waals surface area (Å²) in [5, 5.41) is 3.88. The van der Waals surface area contributed by atoms with Crippen LogP contribution in [0.3, 0.4) is 0 Å². The van der Waals surface area contributed by atoms with Crippen molar-refractivity contribution in [3.63, 3.8) is 0 Å². The van der Waals surface area contributed by atoms with Gasteiger partial charge < -0.3 is 10.1 Å². The van der Waals surface area contributed by atoms with Crippen LogP contribution in [-0.2, 0) is 4.74 Å². The molecule has 2 aliphatic rings. The Balaban J connectivity index is 1.81. The van der Waals surface area contributed by atoms with Gasteiger partial charge in [0.05, 0.1) is 13.2 Å².